The van der Waals surface area contributed by atoms with Gasteiger partial charge in [-0.3, -0.25) is 4.79 Å². The summed E-state index contributed by atoms with van der Waals surface area (Å²) in [7, 11) is 0. The zero-order chi connectivity index (χ0) is 13.8. The van der Waals surface area contributed by atoms with Crippen LogP contribution in [0, 0.1) is 11.0 Å². The first-order valence-corrected chi connectivity index (χ1v) is 5.72. The van der Waals surface area contributed by atoms with Crippen LogP contribution in [0.2, 0.25) is 0 Å². The normalized spacial score (nSPS) is 14.4. The standard InChI is InChI=1S/C13H13FN3O2/c1-2-13(18)15-12-9-10(3-4-11(12)14)16-5-7-17(19)8-6-16/h2-5,7,9H,1,6,8H2,(H,15,18)/q-1. The van der Waals surface area contributed by atoms with Crippen molar-refractivity contribution in [1.29, 1.82) is 0 Å². The van der Waals surface area contributed by atoms with Crippen molar-refractivity contribution in [3.05, 3.63) is 54.3 Å². The van der Waals surface area contributed by atoms with Crippen molar-refractivity contribution in [1.82, 2.24) is 5.06 Å². The number of carbonyl (C=O) groups excluding carboxylic acids is 1. The van der Waals surface area contributed by atoms with Gasteiger partial charge in [0.2, 0.25) is 5.91 Å². The SMILES string of the molecule is C=CC(=O)Nc1cc(N2C=CN([O-])CC2)ccc1F. The summed E-state index contributed by atoms with van der Waals surface area (Å²) in [6.07, 6.45) is 4.08. The Morgan fingerprint density at radius 2 is 2.21 bits per heavy atom. The molecule has 1 amide bonds. The van der Waals surface area contributed by atoms with Gasteiger partial charge in [-0.25, -0.2) is 4.39 Å². The monoisotopic (exact) mass is 262 g/mol. The number of halogens is 1. The van der Waals surface area contributed by atoms with Crippen molar-refractivity contribution in [2.45, 2.75) is 0 Å². The number of anilines is 2. The van der Waals surface area contributed by atoms with Crippen LogP contribution >= 0.6 is 0 Å². The highest BCUT2D eigenvalue weighted by Gasteiger charge is 2.11. The molecule has 0 aromatic heterocycles. The lowest BCUT2D eigenvalue weighted by Gasteiger charge is -2.35. The molecule has 0 unspecified atom stereocenters. The molecule has 1 aromatic rings. The molecule has 1 aromatic carbocycles. The largest absolute Gasteiger partial charge is 0.759 e. The van der Waals surface area contributed by atoms with Crippen molar-refractivity contribution >= 4 is 17.3 Å². The molecule has 0 saturated carbocycles. The van der Waals surface area contributed by atoms with Crippen LogP contribution in [-0.4, -0.2) is 24.1 Å². The van der Waals surface area contributed by atoms with Crippen LogP contribution in [0.25, 0.3) is 0 Å². The van der Waals surface area contributed by atoms with Crippen LogP contribution in [0.1, 0.15) is 0 Å². The molecule has 6 heteroatoms. The van der Waals surface area contributed by atoms with E-state index in [4.69, 9.17) is 0 Å². The fourth-order valence-electron chi connectivity index (χ4n) is 1.70. The molecule has 1 aliphatic heterocycles. The molecule has 0 fully saturated rings. The van der Waals surface area contributed by atoms with E-state index in [2.05, 4.69) is 11.9 Å². The van der Waals surface area contributed by atoms with E-state index < -0.39 is 11.7 Å². The second kappa shape index (κ2) is 5.53. The third-order valence-electron chi connectivity index (χ3n) is 2.70. The molecule has 1 aliphatic rings. The van der Waals surface area contributed by atoms with Crippen LogP contribution in [-0.2, 0) is 4.79 Å². The Hall–Kier alpha value is -2.34. The summed E-state index contributed by atoms with van der Waals surface area (Å²) in [5, 5.41) is 14.2. The Labute approximate surface area is 110 Å². The molecule has 5 nitrogen and oxygen atoms in total. The maximum absolute atomic E-state index is 13.6. The highest BCUT2D eigenvalue weighted by atomic mass is 19.1. The Bertz CT molecular complexity index is 531. The molecule has 2 rings (SSSR count). The fraction of sp³-hybridized carbons (Fsp3) is 0.154. The third kappa shape index (κ3) is 3.11. The first-order chi connectivity index (χ1) is 9.10. The number of nitrogens with zero attached hydrogens (tertiary/aromatic N) is 2. The Balaban J connectivity index is 2.23. The predicted molar refractivity (Wildman–Crippen MR) is 71.8 cm³/mol. The maximum atomic E-state index is 13.6. The second-order valence-corrected chi connectivity index (χ2v) is 3.99. The van der Waals surface area contributed by atoms with Crippen molar-refractivity contribution in [2.24, 2.45) is 0 Å². The zero-order valence-electron chi connectivity index (χ0n) is 10.2. The van der Waals surface area contributed by atoms with Crippen LogP contribution < -0.4 is 10.2 Å². The van der Waals surface area contributed by atoms with E-state index in [0.717, 1.165) is 11.1 Å². The van der Waals surface area contributed by atoms with Crippen molar-refractivity contribution in [3.8, 4) is 0 Å². The van der Waals surface area contributed by atoms with E-state index in [1.807, 2.05) is 0 Å². The lowest BCUT2D eigenvalue weighted by atomic mass is 10.2. The average molecular weight is 262 g/mol. The molecule has 0 spiro atoms. The van der Waals surface area contributed by atoms with Crippen LogP contribution in [0.5, 0.6) is 0 Å². The van der Waals surface area contributed by atoms with Gasteiger partial charge in [-0.1, -0.05) is 6.58 Å². The van der Waals surface area contributed by atoms with Gasteiger partial charge in [0.05, 0.1) is 5.69 Å². The molecule has 0 atom stereocenters. The average Bonchev–Trinajstić information content (AvgIpc) is 2.42. The summed E-state index contributed by atoms with van der Waals surface area (Å²) < 4.78 is 13.6. The minimum atomic E-state index is -0.523. The number of rotatable bonds is 3. The fourth-order valence-corrected chi connectivity index (χ4v) is 1.70. The molecule has 100 valence electrons. The summed E-state index contributed by atoms with van der Waals surface area (Å²) in [6, 6.07) is 4.37. The topological polar surface area (TPSA) is 58.6 Å². The lowest BCUT2D eigenvalue weighted by molar-refractivity contribution is -0.111. The Kier molecular flexibility index (Phi) is 3.82. The van der Waals surface area contributed by atoms with Crippen LogP contribution in [0.4, 0.5) is 15.8 Å². The van der Waals surface area contributed by atoms with Gasteiger partial charge in [-0.2, -0.15) is 0 Å². The van der Waals surface area contributed by atoms with Gasteiger partial charge in [0.15, 0.2) is 0 Å². The number of carbonyl (C=O) groups is 1. The minimum absolute atomic E-state index is 0.0837. The van der Waals surface area contributed by atoms with Crippen LogP contribution in [0.3, 0.4) is 0 Å². The molecule has 0 aliphatic carbocycles. The van der Waals surface area contributed by atoms with Crippen molar-refractivity contribution in [3.63, 3.8) is 0 Å². The Morgan fingerprint density at radius 3 is 2.84 bits per heavy atom. The quantitative estimate of drug-likeness (QED) is 0.847. The summed E-state index contributed by atoms with van der Waals surface area (Å²) in [5.74, 6) is -0.999. The van der Waals surface area contributed by atoms with E-state index in [1.165, 1.54) is 18.3 Å². The van der Waals surface area contributed by atoms with Gasteiger partial charge < -0.3 is 20.5 Å². The summed E-state index contributed by atoms with van der Waals surface area (Å²) in [6.45, 7) is 4.15. The molecule has 0 bridgehead atoms. The number of hydroxylamine groups is 2. The molecule has 19 heavy (non-hydrogen) atoms. The summed E-state index contributed by atoms with van der Waals surface area (Å²) >= 11 is 0. The highest BCUT2D eigenvalue weighted by Crippen LogP contribution is 2.24. The van der Waals surface area contributed by atoms with Crippen LogP contribution in [0.15, 0.2) is 43.3 Å². The van der Waals surface area contributed by atoms with E-state index in [1.54, 1.807) is 17.2 Å². The molecule has 0 radical (unpaired) electrons. The minimum Gasteiger partial charge on any atom is -0.759 e. The van der Waals surface area contributed by atoms with Gasteiger partial charge in [-0.05, 0) is 24.3 Å². The molecular formula is C13H13FN3O2-. The second-order valence-electron chi connectivity index (χ2n) is 3.99. The highest BCUT2D eigenvalue weighted by molar-refractivity contribution is 5.99. The number of benzene rings is 1. The van der Waals surface area contributed by atoms with E-state index in [9.17, 15) is 14.4 Å². The number of hydrogen-bond acceptors (Lipinski definition) is 4. The number of amides is 1. The van der Waals surface area contributed by atoms with Gasteiger partial charge in [0.25, 0.3) is 0 Å². The smallest absolute Gasteiger partial charge is 0.247 e. The summed E-state index contributed by atoms with van der Waals surface area (Å²) in [5.41, 5.74) is 0.783. The van der Waals surface area contributed by atoms with Gasteiger partial charge in [0.1, 0.15) is 5.82 Å². The van der Waals surface area contributed by atoms with E-state index in [-0.39, 0.29) is 5.69 Å². The number of hydrogen-bond donors (Lipinski definition) is 1. The van der Waals surface area contributed by atoms with E-state index >= 15 is 0 Å². The van der Waals surface area contributed by atoms with Gasteiger partial charge >= 0.3 is 0 Å². The maximum Gasteiger partial charge on any atom is 0.247 e. The zero-order valence-corrected chi connectivity index (χ0v) is 10.2. The predicted octanol–water partition coefficient (Wildman–Crippen LogP) is 2.04. The van der Waals surface area contributed by atoms with Gasteiger partial charge in [0, 0.05) is 31.2 Å². The Morgan fingerprint density at radius 1 is 1.42 bits per heavy atom. The first kappa shape index (κ1) is 13.1. The van der Waals surface area contributed by atoms with E-state index in [0.29, 0.717) is 18.8 Å². The first-order valence-electron chi connectivity index (χ1n) is 5.72. The summed E-state index contributed by atoms with van der Waals surface area (Å²) in [4.78, 5) is 13.0. The van der Waals surface area contributed by atoms with Crippen molar-refractivity contribution < 1.29 is 9.18 Å². The lowest BCUT2D eigenvalue weighted by Crippen LogP contribution is -2.31. The third-order valence-corrected chi connectivity index (χ3v) is 2.70. The van der Waals surface area contributed by atoms with Crippen molar-refractivity contribution in [2.75, 3.05) is 23.3 Å². The van der Waals surface area contributed by atoms with Gasteiger partial charge in [-0.15, -0.1) is 0 Å². The molecule has 1 heterocycles. The molecular weight excluding hydrogens is 249 g/mol. The molecule has 0 saturated heterocycles. The molecule has 1 N–H and O–H groups in total. The number of nitrogens with one attached hydrogen (secondary N) is 1.